The molecule has 1 heterocycles. The summed E-state index contributed by atoms with van der Waals surface area (Å²) in [5, 5.41) is 2.93. The van der Waals surface area contributed by atoms with Crippen molar-refractivity contribution in [3.05, 3.63) is 53.6 Å². The van der Waals surface area contributed by atoms with E-state index in [0.717, 1.165) is 5.56 Å². The van der Waals surface area contributed by atoms with Crippen LogP contribution in [0, 0.1) is 0 Å². The number of nitrogens with one attached hydrogen (secondary N) is 1. The summed E-state index contributed by atoms with van der Waals surface area (Å²) in [6.07, 6.45) is 0.463. The molecule has 1 fully saturated rings. The highest BCUT2D eigenvalue weighted by Gasteiger charge is 2.41. The summed E-state index contributed by atoms with van der Waals surface area (Å²) in [6.45, 7) is 0.162. The Bertz CT molecular complexity index is 984. The second-order valence-corrected chi connectivity index (χ2v) is 7.57. The molecule has 2 aromatic rings. The first-order valence-electron chi connectivity index (χ1n) is 10.4. The van der Waals surface area contributed by atoms with Crippen molar-refractivity contribution in [3.8, 4) is 17.2 Å². The number of amides is 2. The van der Waals surface area contributed by atoms with Crippen molar-refractivity contribution in [1.29, 1.82) is 0 Å². The third-order valence-electron chi connectivity index (χ3n) is 5.52. The van der Waals surface area contributed by atoms with Crippen LogP contribution in [-0.4, -0.2) is 69.8 Å². The van der Waals surface area contributed by atoms with E-state index >= 15 is 0 Å². The summed E-state index contributed by atoms with van der Waals surface area (Å²) < 4.78 is 20.9. The molecule has 0 radical (unpaired) electrons. The minimum Gasteiger partial charge on any atom is -0.493 e. The van der Waals surface area contributed by atoms with Gasteiger partial charge in [0.2, 0.25) is 11.7 Å². The summed E-state index contributed by atoms with van der Waals surface area (Å²) >= 11 is 0. The third kappa shape index (κ3) is 5.36. The van der Waals surface area contributed by atoms with Gasteiger partial charge in [0, 0.05) is 24.6 Å². The maximum absolute atomic E-state index is 13.4. The maximum Gasteiger partial charge on any atom is 0.328 e. The standard InChI is InChI=1S/C24H28N2O7/c1-30-19-11-16(12-20(31-2)22(19)32-3)23(28)26-14-17(13-18(26)24(29)33-4)25-21(27)10-15-8-6-5-7-9-15/h5-9,11-12,17-18H,10,13-14H2,1-4H3,(H,25,27). The summed E-state index contributed by atoms with van der Waals surface area (Å²) in [7, 11) is 5.65. The minimum absolute atomic E-state index is 0.162. The molecule has 1 saturated heterocycles. The fourth-order valence-corrected chi connectivity index (χ4v) is 3.95. The number of esters is 1. The highest BCUT2D eigenvalue weighted by molar-refractivity contribution is 5.98. The number of rotatable bonds is 8. The van der Waals surface area contributed by atoms with Crippen LogP contribution in [0.25, 0.3) is 0 Å². The van der Waals surface area contributed by atoms with Gasteiger partial charge in [-0.3, -0.25) is 9.59 Å². The molecule has 1 N–H and O–H groups in total. The Morgan fingerprint density at radius 2 is 1.61 bits per heavy atom. The van der Waals surface area contributed by atoms with Crippen LogP contribution in [0.1, 0.15) is 22.3 Å². The zero-order valence-electron chi connectivity index (χ0n) is 19.1. The van der Waals surface area contributed by atoms with Crippen molar-refractivity contribution >= 4 is 17.8 Å². The molecule has 33 heavy (non-hydrogen) atoms. The number of benzene rings is 2. The first-order chi connectivity index (χ1) is 15.9. The summed E-state index contributed by atoms with van der Waals surface area (Å²) in [5.41, 5.74) is 1.14. The lowest BCUT2D eigenvalue weighted by atomic mass is 10.1. The Morgan fingerprint density at radius 1 is 0.970 bits per heavy atom. The van der Waals surface area contributed by atoms with Gasteiger partial charge in [0.25, 0.3) is 5.91 Å². The van der Waals surface area contributed by atoms with Crippen molar-refractivity contribution in [2.45, 2.75) is 24.9 Å². The molecule has 2 aromatic carbocycles. The van der Waals surface area contributed by atoms with Crippen LogP contribution in [0.4, 0.5) is 0 Å². The van der Waals surface area contributed by atoms with Crippen molar-refractivity contribution in [3.63, 3.8) is 0 Å². The zero-order valence-corrected chi connectivity index (χ0v) is 19.1. The first kappa shape index (κ1) is 23.9. The number of ether oxygens (including phenoxy) is 4. The van der Waals surface area contributed by atoms with E-state index in [4.69, 9.17) is 18.9 Å². The third-order valence-corrected chi connectivity index (χ3v) is 5.52. The quantitative estimate of drug-likeness (QED) is 0.605. The summed E-state index contributed by atoms with van der Waals surface area (Å²) in [4.78, 5) is 39.7. The molecule has 2 unspecified atom stereocenters. The lowest BCUT2D eigenvalue weighted by molar-refractivity contribution is -0.145. The van der Waals surface area contributed by atoms with Crippen molar-refractivity contribution in [2.24, 2.45) is 0 Å². The van der Waals surface area contributed by atoms with Gasteiger partial charge in [-0.25, -0.2) is 4.79 Å². The fourth-order valence-electron chi connectivity index (χ4n) is 3.95. The van der Waals surface area contributed by atoms with E-state index in [1.165, 1.54) is 45.5 Å². The fraction of sp³-hybridized carbons (Fsp3) is 0.375. The molecule has 0 bridgehead atoms. The molecule has 2 atom stereocenters. The van der Waals surface area contributed by atoms with E-state index in [1.54, 1.807) is 0 Å². The molecule has 0 aromatic heterocycles. The predicted octanol–water partition coefficient (Wildman–Crippen LogP) is 1.83. The van der Waals surface area contributed by atoms with Crippen molar-refractivity contribution < 1.29 is 33.3 Å². The van der Waals surface area contributed by atoms with Crippen LogP contribution in [0.5, 0.6) is 17.2 Å². The number of methoxy groups -OCH3 is 4. The number of hydrogen-bond donors (Lipinski definition) is 1. The lowest BCUT2D eigenvalue weighted by Crippen LogP contribution is -2.42. The van der Waals surface area contributed by atoms with Gasteiger partial charge in [-0.05, 0) is 17.7 Å². The van der Waals surface area contributed by atoms with Crippen LogP contribution in [0.2, 0.25) is 0 Å². The van der Waals surface area contributed by atoms with Gasteiger partial charge in [-0.15, -0.1) is 0 Å². The number of carbonyl (C=O) groups is 3. The maximum atomic E-state index is 13.4. The molecule has 2 amide bonds. The molecule has 9 nitrogen and oxygen atoms in total. The van der Waals surface area contributed by atoms with Crippen LogP contribution in [0.15, 0.2) is 42.5 Å². The lowest BCUT2D eigenvalue weighted by Gasteiger charge is -2.23. The average molecular weight is 456 g/mol. The Labute approximate surface area is 192 Å². The van der Waals surface area contributed by atoms with E-state index in [1.807, 2.05) is 30.3 Å². The Morgan fingerprint density at radius 3 is 2.15 bits per heavy atom. The van der Waals surface area contributed by atoms with Gasteiger partial charge in [-0.2, -0.15) is 0 Å². The first-order valence-corrected chi connectivity index (χ1v) is 10.4. The van der Waals surface area contributed by atoms with Gasteiger partial charge in [0.05, 0.1) is 34.9 Å². The second-order valence-electron chi connectivity index (χ2n) is 7.57. The normalized spacial score (nSPS) is 17.3. The highest BCUT2D eigenvalue weighted by Crippen LogP contribution is 2.39. The van der Waals surface area contributed by atoms with Crippen molar-refractivity contribution in [2.75, 3.05) is 35.0 Å². The van der Waals surface area contributed by atoms with Crippen LogP contribution < -0.4 is 19.5 Å². The SMILES string of the molecule is COC(=O)C1CC(NC(=O)Cc2ccccc2)CN1C(=O)c1cc(OC)c(OC)c(OC)c1. The molecule has 176 valence electrons. The molecule has 0 aliphatic carbocycles. The highest BCUT2D eigenvalue weighted by atomic mass is 16.5. The van der Waals surface area contributed by atoms with E-state index in [2.05, 4.69) is 5.32 Å². The zero-order chi connectivity index (χ0) is 24.0. The van der Waals surface area contributed by atoms with Crippen LogP contribution >= 0.6 is 0 Å². The average Bonchev–Trinajstić information content (AvgIpc) is 3.25. The second kappa shape index (κ2) is 10.7. The van der Waals surface area contributed by atoms with E-state index < -0.39 is 24.0 Å². The number of carbonyl (C=O) groups excluding carboxylic acids is 3. The van der Waals surface area contributed by atoms with Gasteiger partial charge < -0.3 is 29.2 Å². The summed E-state index contributed by atoms with van der Waals surface area (Å²) in [5.74, 6) is -0.144. The molecule has 9 heteroatoms. The number of nitrogens with zero attached hydrogens (tertiary/aromatic N) is 1. The van der Waals surface area contributed by atoms with Crippen molar-refractivity contribution in [1.82, 2.24) is 10.2 Å². The largest absolute Gasteiger partial charge is 0.493 e. The Kier molecular flexibility index (Phi) is 7.76. The van der Waals surface area contributed by atoms with Gasteiger partial charge >= 0.3 is 5.97 Å². The topological polar surface area (TPSA) is 103 Å². The van der Waals surface area contributed by atoms with E-state index in [9.17, 15) is 14.4 Å². The number of likely N-dealkylation sites (tertiary alicyclic amines) is 1. The molecular formula is C24H28N2O7. The smallest absolute Gasteiger partial charge is 0.328 e. The Hall–Kier alpha value is -3.75. The monoisotopic (exact) mass is 456 g/mol. The molecule has 3 rings (SSSR count). The number of hydrogen-bond acceptors (Lipinski definition) is 7. The van der Waals surface area contributed by atoms with Gasteiger partial charge in [0.15, 0.2) is 11.5 Å². The van der Waals surface area contributed by atoms with Crippen LogP contribution in [0.3, 0.4) is 0 Å². The predicted molar refractivity (Wildman–Crippen MR) is 120 cm³/mol. The van der Waals surface area contributed by atoms with E-state index in [0.29, 0.717) is 17.2 Å². The minimum atomic E-state index is -0.830. The van der Waals surface area contributed by atoms with Gasteiger partial charge in [-0.1, -0.05) is 30.3 Å². The molecule has 0 spiro atoms. The molecule has 0 saturated carbocycles. The summed E-state index contributed by atoms with van der Waals surface area (Å²) in [6, 6.07) is 11.2. The molecular weight excluding hydrogens is 428 g/mol. The van der Waals surface area contributed by atoms with Crippen LogP contribution in [-0.2, 0) is 20.7 Å². The molecule has 1 aliphatic heterocycles. The van der Waals surface area contributed by atoms with Gasteiger partial charge in [0.1, 0.15) is 6.04 Å². The molecule has 1 aliphatic rings. The van der Waals surface area contributed by atoms with E-state index in [-0.39, 0.29) is 30.9 Å². The Balaban J connectivity index is 1.81.